The van der Waals surface area contributed by atoms with Gasteiger partial charge < -0.3 is 4.74 Å². The van der Waals surface area contributed by atoms with E-state index in [9.17, 15) is 0 Å². The van der Waals surface area contributed by atoms with Gasteiger partial charge in [0.2, 0.25) is 5.82 Å². The molecule has 0 aliphatic carbocycles. The van der Waals surface area contributed by atoms with Gasteiger partial charge in [0, 0.05) is 16.6 Å². The zero-order valence-corrected chi connectivity index (χ0v) is 15.7. The van der Waals surface area contributed by atoms with E-state index in [-0.39, 0.29) is 6.10 Å². The third kappa shape index (κ3) is 2.79. The number of nitrogens with zero attached hydrogens (tertiary/aromatic N) is 3. The quantitative estimate of drug-likeness (QED) is 0.520. The van der Waals surface area contributed by atoms with Crippen LogP contribution in [0.2, 0.25) is 0 Å². The van der Waals surface area contributed by atoms with Crippen molar-refractivity contribution in [1.82, 2.24) is 15.0 Å². The monoisotopic (exact) mass is 409 g/mol. The van der Waals surface area contributed by atoms with Crippen LogP contribution >= 0.6 is 15.9 Å². The van der Waals surface area contributed by atoms with Gasteiger partial charge in [0.05, 0.1) is 12.6 Å². The summed E-state index contributed by atoms with van der Waals surface area (Å²) in [5.74, 6) is 1.01. The molecule has 0 spiro atoms. The van der Waals surface area contributed by atoms with Crippen molar-refractivity contribution in [2.24, 2.45) is 0 Å². The molecule has 0 saturated carbocycles. The van der Waals surface area contributed by atoms with Crippen molar-refractivity contribution in [2.75, 3.05) is 6.61 Å². The van der Waals surface area contributed by atoms with E-state index in [4.69, 9.17) is 14.7 Å². The number of hydrogen-bond donors (Lipinski definition) is 1. The summed E-state index contributed by atoms with van der Waals surface area (Å²) >= 11 is 3.51. The van der Waals surface area contributed by atoms with E-state index in [1.165, 1.54) is 0 Å². The number of fused-ring (bicyclic) bond motifs is 2. The van der Waals surface area contributed by atoms with E-state index in [0.717, 1.165) is 64.2 Å². The minimum atomic E-state index is 0.224. The summed E-state index contributed by atoms with van der Waals surface area (Å²) in [5, 5.41) is 0. The van der Waals surface area contributed by atoms with Gasteiger partial charge in [-0.1, -0.05) is 33.0 Å². The van der Waals surface area contributed by atoms with E-state index in [2.05, 4.69) is 49.7 Å². The Hall–Kier alpha value is -2.31. The first-order valence-electron chi connectivity index (χ1n) is 8.84. The molecule has 3 heterocycles. The molecular formula is C20H18BrN4O+. The Balaban J connectivity index is 1.72. The lowest BCUT2D eigenvalue weighted by Crippen LogP contribution is -2.41. The molecule has 6 heteroatoms. The average molecular weight is 410 g/mol. The van der Waals surface area contributed by atoms with Gasteiger partial charge in [-0.25, -0.2) is 9.55 Å². The van der Waals surface area contributed by atoms with Crippen LogP contribution < -0.4 is 4.57 Å². The highest BCUT2D eigenvalue weighted by Crippen LogP contribution is 2.22. The molecule has 1 atom stereocenters. The largest absolute Gasteiger partial charge is 0.375 e. The Kier molecular flexibility index (Phi) is 3.94. The molecule has 2 aromatic heterocycles. The number of hydrogen-bond acceptors (Lipinski definition) is 3. The third-order valence-corrected chi connectivity index (χ3v) is 5.37. The number of para-hydroxylation sites is 2. The maximum Gasteiger partial charge on any atom is 0.323 e. The maximum absolute atomic E-state index is 5.88. The predicted molar refractivity (Wildman–Crippen MR) is 104 cm³/mol. The molecule has 26 heavy (non-hydrogen) atoms. The third-order valence-electron chi connectivity index (χ3n) is 4.84. The summed E-state index contributed by atoms with van der Waals surface area (Å²) < 4.78 is 9.16. The highest BCUT2D eigenvalue weighted by Gasteiger charge is 2.27. The summed E-state index contributed by atoms with van der Waals surface area (Å²) in [7, 11) is 0. The molecule has 0 bridgehead atoms. The second-order valence-electron chi connectivity index (χ2n) is 6.61. The zero-order chi connectivity index (χ0) is 17.5. The Bertz CT molecular complexity index is 1080. The minimum absolute atomic E-state index is 0.224. The SMILES string of the molecule is Brc1ccc(-c2[nH]c3nc4ccccc4nc3[n+]2C[C@H]2CCCO2)cc1. The molecule has 0 unspecified atom stereocenters. The van der Waals surface area contributed by atoms with Crippen LogP contribution in [0.4, 0.5) is 0 Å². The van der Waals surface area contributed by atoms with Crippen molar-refractivity contribution in [3.05, 3.63) is 53.0 Å². The van der Waals surface area contributed by atoms with Crippen molar-refractivity contribution >= 4 is 38.3 Å². The second-order valence-corrected chi connectivity index (χ2v) is 7.53. The predicted octanol–water partition coefficient (Wildman–Crippen LogP) is 4.01. The van der Waals surface area contributed by atoms with Crippen LogP contribution in [0, 0.1) is 0 Å². The lowest BCUT2D eigenvalue weighted by Gasteiger charge is -2.09. The van der Waals surface area contributed by atoms with Crippen molar-refractivity contribution < 1.29 is 9.30 Å². The molecule has 4 aromatic rings. The maximum atomic E-state index is 5.88. The molecule has 5 nitrogen and oxygen atoms in total. The second kappa shape index (κ2) is 6.45. The molecular weight excluding hydrogens is 392 g/mol. The highest BCUT2D eigenvalue weighted by molar-refractivity contribution is 9.10. The average Bonchev–Trinajstić information content (AvgIpc) is 3.29. The Morgan fingerprint density at radius 1 is 1.08 bits per heavy atom. The van der Waals surface area contributed by atoms with E-state index in [1.54, 1.807) is 0 Å². The van der Waals surface area contributed by atoms with Crippen LogP contribution in [-0.4, -0.2) is 27.7 Å². The number of nitrogens with one attached hydrogen (secondary N) is 1. The Morgan fingerprint density at radius 3 is 2.58 bits per heavy atom. The van der Waals surface area contributed by atoms with Crippen LogP contribution in [0.15, 0.2) is 53.0 Å². The Labute approximate surface area is 159 Å². The molecule has 0 radical (unpaired) electrons. The number of H-pyrrole nitrogens is 1. The lowest BCUT2D eigenvalue weighted by atomic mass is 10.2. The number of imidazole rings is 1. The summed E-state index contributed by atoms with van der Waals surface area (Å²) in [6.07, 6.45) is 2.43. The lowest BCUT2D eigenvalue weighted by molar-refractivity contribution is -0.669. The van der Waals surface area contributed by atoms with E-state index < -0.39 is 0 Å². The first-order valence-corrected chi connectivity index (χ1v) is 9.63. The van der Waals surface area contributed by atoms with Crippen LogP contribution in [0.3, 0.4) is 0 Å². The van der Waals surface area contributed by atoms with Crippen molar-refractivity contribution in [3.63, 3.8) is 0 Å². The number of rotatable bonds is 3. The van der Waals surface area contributed by atoms with Crippen molar-refractivity contribution in [1.29, 1.82) is 0 Å². The summed E-state index contributed by atoms with van der Waals surface area (Å²) in [6.45, 7) is 1.62. The summed E-state index contributed by atoms with van der Waals surface area (Å²) in [4.78, 5) is 13.2. The van der Waals surface area contributed by atoms with E-state index in [1.807, 2.05) is 24.3 Å². The van der Waals surface area contributed by atoms with Crippen molar-refractivity contribution in [3.8, 4) is 11.4 Å². The molecule has 1 N–H and O–H groups in total. The zero-order valence-electron chi connectivity index (χ0n) is 14.2. The number of aromatic nitrogens is 4. The van der Waals surface area contributed by atoms with Gasteiger partial charge in [-0.3, -0.25) is 4.98 Å². The fourth-order valence-corrected chi connectivity index (χ4v) is 3.82. The molecule has 2 aromatic carbocycles. The number of ether oxygens (including phenoxy) is 1. The molecule has 130 valence electrons. The van der Waals surface area contributed by atoms with Crippen LogP contribution in [0.1, 0.15) is 12.8 Å². The number of halogens is 1. The summed E-state index contributed by atoms with van der Waals surface area (Å²) in [6, 6.07) is 16.3. The first-order chi connectivity index (χ1) is 12.8. The standard InChI is InChI=1S/C20H17BrN4O/c21-14-9-7-13(8-10-14)19-24-18-20(25(19)12-15-4-3-11-26-15)23-17-6-2-1-5-16(17)22-18/h1-2,5-10,15H,3-4,11-12H2/p+1/t15-/m1/s1. The van der Waals surface area contributed by atoms with Gasteiger partial charge in [0.1, 0.15) is 5.52 Å². The topological polar surface area (TPSA) is 54.7 Å². The molecule has 0 amide bonds. The Morgan fingerprint density at radius 2 is 1.85 bits per heavy atom. The summed E-state index contributed by atoms with van der Waals surface area (Å²) in [5.41, 5.74) is 4.59. The van der Waals surface area contributed by atoms with Crippen LogP contribution in [-0.2, 0) is 11.3 Å². The van der Waals surface area contributed by atoms with Gasteiger partial charge >= 0.3 is 5.65 Å². The molecule has 1 fully saturated rings. The molecule has 1 saturated heterocycles. The highest BCUT2D eigenvalue weighted by atomic mass is 79.9. The van der Waals surface area contributed by atoms with Gasteiger partial charge in [-0.05, 0) is 49.2 Å². The van der Waals surface area contributed by atoms with E-state index >= 15 is 0 Å². The molecule has 1 aliphatic rings. The first kappa shape index (κ1) is 15.9. The van der Waals surface area contributed by atoms with Gasteiger partial charge in [0.25, 0.3) is 5.65 Å². The minimum Gasteiger partial charge on any atom is -0.375 e. The number of benzene rings is 2. The fraction of sp³-hybridized carbons (Fsp3) is 0.250. The van der Waals surface area contributed by atoms with E-state index in [0.29, 0.717) is 0 Å². The fourth-order valence-electron chi connectivity index (χ4n) is 3.55. The van der Waals surface area contributed by atoms with Gasteiger partial charge in [-0.2, -0.15) is 0 Å². The van der Waals surface area contributed by atoms with Crippen LogP contribution in [0.5, 0.6) is 0 Å². The van der Waals surface area contributed by atoms with Crippen molar-refractivity contribution in [2.45, 2.75) is 25.5 Å². The molecule has 1 aliphatic heterocycles. The van der Waals surface area contributed by atoms with Crippen LogP contribution in [0.25, 0.3) is 33.7 Å². The number of aromatic amines is 1. The molecule has 5 rings (SSSR count). The van der Waals surface area contributed by atoms with Gasteiger partial charge in [0.15, 0.2) is 5.52 Å². The smallest absolute Gasteiger partial charge is 0.323 e. The van der Waals surface area contributed by atoms with Gasteiger partial charge in [-0.15, -0.1) is 0 Å². The normalized spacial score (nSPS) is 17.3.